The van der Waals surface area contributed by atoms with E-state index in [4.69, 9.17) is 5.26 Å². The molecule has 0 aliphatic carbocycles. The summed E-state index contributed by atoms with van der Waals surface area (Å²) < 4.78 is 1.75. The van der Waals surface area contributed by atoms with Crippen LogP contribution in [0.5, 0.6) is 0 Å². The molecule has 0 unspecified atom stereocenters. The Hall–Kier alpha value is -2.15. The third kappa shape index (κ3) is 1.40. The molecule has 0 fully saturated rings. The van der Waals surface area contributed by atoms with Crippen LogP contribution in [0.1, 0.15) is 5.69 Å². The summed E-state index contributed by atoms with van der Waals surface area (Å²) in [5, 5.41) is 8.62. The fourth-order valence-corrected chi connectivity index (χ4v) is 1.02. The number of imidazole rings is 1. The van der Waals surface area contributed by atoms with E-state index in [0.29, 0.717) is 11.5 Å². The van der Waals surface area contributed by atoms with Gasteiger partial charge in [0.15, 0.2) is 0 Å². The standard InChI is InChI=1S/C9H6N4/c10-6-8-2-1-3-9(12-8)13-5-4-11-7-13/h1-5,7H. The molecule has 2 heterocycles. The number of rotatable bonds is 1. The van der Waals surface area contributed by atoms with E-state index >= 15 is 0 Å². The fraction of sp³-hybridized carbons (Fsp3) is 0. The van der Waals surface area contributed by atoms with E-state index < -0.39 is 0 Å². The lowest BCUT2D eigenvalue weighted by atomic mass is 10.3. The molecule has 0 aliphatic rings. The van der Waals surface area contributed by atoms with Crippen LogP contribution in [-0.4, -0.2) is 14.5 Å². The van der Waals surface area contributed by atoms with Crippen molar-refractivity contribution >= 4 is 0 Å². The molecule has 0 spiro atoms. The van der Waals surface area contributed by atoms with Gasteiger partial charge in [-0.3, -0.25) is 4.57 Å². The molecule has 0 saturated heterocycles. The summed E-state index contributed by atoms with van der Waals surface area (Å²) in [6.45, 7) is 0. The summed E-state index contributed by atoms with van der Waals surface area (Å²) >= 11 is 0. The highest BCUT2D eigenvalue weighted by Crippen LogP contribution is 2.03. The Labute approximate surface area is 75.1 Å². The van der Waals surface area contributed by atoms with Crippen molar-refractivity contribution in [2.24, 2.45) is 0 Å². The van der Waals surface area contributed by atoms with Crippen LogP contribution >= 0.6 is 0 Å². The van der Waals surface area contributed by atoms with E-state index in [1.165, 1.54) is 0 Å². The van der Waals surface area contributed by atoms with Crippen molar-refractivity contribution in [3.8, 4) is 11.9 Å². The zero-order chi connectivity index (χ0) is 9.10. The topological polar surface area (TPSA) is 54.5 Å². The van der Waals surface area contributed by atoms with Gasteiger partial charge >= 0.3 is 0 Å². The Balaban J connectivity index is 2.49. The molecule has 0 saturated carbocycles. The lowest BCUT2D eigenvalue weighted by Gasteiger charge is -1.99. The minimum atomic E-state index is 0.409. The summed E-state index contributed by atoms with van der Waals surface area (Å²) in [4.78, 5) is 7.99. The normalized spacial score (nSPS) is 9.46. The van der Waals surface area contributed by atoms with Crippen molar-refractivity contribution in [3.63, 3.8) is 0 Å². The summed E-state index contributed by atoms with van der Waals surface area (Å²) in [5.41, 5.74) is 0.409. The van der Waals surface area contributed by atoms with Crippen molar-refractivity contribution < 1.29 is 0 Å². The van der Waals surface area contributed by atoms with Gasteiger partial charge in [0.1, 0.15) is 23.9 Å². The lowest BCUT2D eigenvalue weighted by Crippen LogP contribution is -1.95. The molecule has 0 aromatic carbocycles. The first-order chi connectivity index (χ1) is 6.40. The number of pyridine rings is 1. The smallest absolute Gasteiger partial charge is 0.142 e. The van der Waals surface area contributed by atoms with Gasteiger partial charge in [-0.15, -0.1) is 0 Å². The van der Waals surface area contributed by atoms with E-state index in [1.54, 1.807) is 35.4 Å². The number of nitrogens with zero attached hydrogens (tertiary/aromatic N) is 4. The van der Waals surface area contributed by atoms with Gasteiger partial charge in [0.2, 0.25) is 0 Å². The van der Waals surface area contributed by atoms with Gasteiger partial charge in [-0.2, -0.15) is 5.26 Å². The molecule has 0 atom stereocenters. The third-order valence-corrected chi connectivity index (χ3v) is 1.62. The zero-order valence-corrected chi connectivity index (χ0v) is 6.75. The Morgan fingerprint density at radius 3 is 3.00 bits per heavy atom. The number of nitriles is 1. The second-order valence-corrected chi connectivity index (χ2v) is 2.46. The van der Waals surface area contributed by atoms with E-state index in [1.807, 2.05) is 12.1 Å². The largest absolute Gasteiger partial charge is 0.290 e. The molecule has 0 bridgehead atoms. The molecule has 2 aromatic heterocycles. The summed E-state index contributed by atoms with van der Waals surface area (Å²) in [6.07, 6.45) is 5.09. The highest BCUT2D eigenvalue weighted by atomic mass is 15.1. The Morgan fingerprint density at radius 2 is 2.31 bits per heavy atom. The third-order valence-electron chi connectivity index (χ3n) is 1.62. The Bertz CT molecular complexity index is 439. The highest BCUT2D eigenvalue weighted by Gasteiger charge is 1.97. The second-order valence-electron chi connectivity index (χ2n) is 2.46. The van der Waals surface area contributed by atoms with E-state index in [0.717, 1.165) is 0 Å². The van der Waals surface area contributed by atoms with Crippen LogP contribution in [0, 0.1) is 11.3 Å². The zero-order valence-electron chi connectivity index (χ0n) is 6.75. The predicted octanol–water partition coefficient (Wildman–Crippen LogP) is 1.14. The number of hydrogen-bond donors (Lipinski definition) is 0. The van der Waals surface area contributed by atoms with E-state index in [9.17, 15) is 0 Å². The Morgan fingerprint density at radius 1 is 1.38 bits per heavy atom. The minimum Gasteiger partial charge on any atom is -0.290 e. The molecule has 0 N–H and O–H groups in total. The summed E-state index contributed by atoms with van der Waals surface area (Å²) in [5.74, 6) is 0.705. The van der Waals surface area contributed by atoms with Gasteiger partial charge in [-0.05, 0) is 12.1 Å². The Kier molecular flexibility index (Phi) is 1.77. The van der Waals surface area contributed by atoms with Gasteiger partial charge in [-0.25, -0.2) is 9.97 Å². The maximum Gasteiger partial charge on any atom is 0.142 e. The van der Waals surface area contributed by atoms with Gasteiger partial charge in [0, 0.05) is 12.4 Å². The van der Waals surface area contributed by atoms with Gasteiger partial charge < -0.3 is 0 Å². The average Bonchev–Trinajstić information content (AvgIpc) is 2.71. The van der Waals surface area contributed by atoms with Crippen molar-refractivity contribution in [2.75, 3.05) is 0 Å². The first-order valence-electron chi connectivity index (χ1n) is 3.75. The van der Waals surface area contributed by atoms with Crippen molar-refractivity contribution in [1.29, 1.82) is 5.26 Å². The van der Waals surface area contributed by atoms with Gasteiger partial charge in [0.05, 0.1) is 0 Å². The van der Waals surface area contributed by atoms with Crippen LogP contribution < -0.4 is 0 Å². The molecule has 0 radical (unpaired) electrons. The maximum atomic E-state index is 8.62. The van der Waals surface area contributed by atoms with Crippen LogP contribution in [-0.2, 0) is 0 Å². The number of aromatic nitrogens is 3. The van der Waals surface area contributed by atoms with Crippen molar-refractivity contribution in [1.82, 2.24) is 14.5 Å². The molecule has 2 aromatic rings. The molecular formula is C9H6N4. The molecule has 2 rings (SSSR count). The summed E-state index contributed by atoms with van der Waals surface area (Å²) in [7, 11) is 0. The van der Waals surface area contributed by atoms with Crippen LogP contribution in [0.2, 0.25) is 0 Å². The second kappa shape index (κ2) is 3.07. The average molecular weight is 170 g/mol. The van der Waals surface area contributed by atoms with Crippen LogP contribution in [0.4, 0.5) is 0 Å². The minimum absolute atomic E-state index is 0.409. The molecule has 0 aliphatic heterocycles. The molecule has 13 heavy (non-hydrogen) atoms. The molecule has 62 valence electrons. The van der Waals surface area contributed by atoms with Gasteiger partial charge in [0.25, 0.3) is 0 Å². The van der Waals surface area contributed by atoms with Crippen LogP contribution in [0.15, 0.2) is 36.9 Å². The SMILES string of the molecule is N#Cc1cccc(-n2ccnc2)n1. The monoisotopic (exact) mass is 170 g/mol. The first kappa shape index (κ1) is 7.50. The van der Waals surface area contributed by atoms with Crippen molar-refractivity contribution in [2.45, 2.75) is 0 Å². The maximum absolute atomic E-state index is 8.62. The van der Waals surface area contributed by atoms with Gasteiger partial charge in [-0.1, -0.05) is 6.07 Å². The lowest BCUT2D eigenvalue weighted by molar-refractivity contribution is 0.986. The number of hydrogen-bond acceptors (Lipinski definition) is 3. The van der Waals surface area contributed by atoms with Crippen molar-refractivity contribution in [3.05, 3.63) is 42.6 Å². The van der Waals surface area contributed by atoms with Crippen LogP contribution in [0.25, 0.3) is 5.82 Å². The molecule has 4 heteroatoms. The predicted molar refractivity (Wildman–Crippen MR) is 46.1 cm³/mol. The van der Waals surface area contributed by atoms with E-state index in [-0.39, 0.29) is 0 Å². The molecular weight excluding hydrogens is 164 g/mol. The van der Waals surface area contributed by atoms with Crippen LogP contribution in [0.3, 0.4) is 0 Å². The first-order valence-corrected chi connectivity index (χ1v) is 3.75. The molecule has 0 amide bonds. The summed E-state index contributed by atoms with van der Waals surface area (Å²) in [6, 6.07) is 7.27. The molecule has 4 nitrogen and oxygen atoms in total. The fourth-order valence-electron chi connectivity index (χ4n) is 1.02. The highest BCUT2D eigenvalue weighted by molar-refractivity contribution is 5.29. The van der Waals surface area contributed by atoms with E-state index in [2.05, 4.69) is 9.97 Å². The quantitative estimate of drug-likeness (QED) is 0.644.